The van der Waals surface area contributed by atoms with Gasteiger partial charge in [0.15, 0.2) is 0 Å². The number of imidazole rings is 2. The van der Waals surface area contributed by atoms with E-state index in [4.69, 9.17) is 52.2 Å². The van der Waals surface area contributed by atoms with Crippen LogP contribution < -0.4 is 21.9 Å². The number of anilines is 2. The molecule has 0 aromatic carbocycles. The van der Waals surface area contributed by atoms with Crippen LogP contribution in [0.3, 0.4) is 0 Å². The van der Waals surface area contributed by atoms with Gasteiger partial charge in [-0.15, -0.1) is 0 Å². The normalized spacial score (nSPS) is 26.8. The summed E-state index contributed by atoms with van der Waals surface area (Å²) < 4.78 is 57.8. The summed E-state index contributed by atoms with van der Waals surface area (Å²) in [7, 11) is -10.5. The molecule has 4 aromatic heterocycles. The zero-order valence-corrected chi connectivity index (χ0v) is 40.4. The van der Waals surface area contributed by atoms with Crippen molar-refractivity contribution in [2.45, 2.75) is 61.9 Å². The van der Waals surface area contributed by atoms with Crippen molar-refractivity contribution in [3.05, 3.63) is 41.5 Å². The van der Waals surface area contributed by atoms with Crippen molar-refractivity contribution in [2.75, 3.05) is 90.2 Å². The summed E-state index contributed by atoms with van der Waals surface area (Å²) in [6.45, 7) is 0.517. The summed E-state index contributed by atoms with van der Waals surface area (Å²) in [5.41, 5.74) is 4.86. The first-order chi connectivity index (χ1) is 35.0. The number of nitrogens with two attached hydrogens (primary N) is 1. The number of nitrogens with one attached hydrogen (secondary N) is 3. The van der Waals surface area contributed by atoms with Gasteiger partial charge in [-0.05, 0) is 0 Å². The number of aromatic nitrogens is 8. The monoisotopic (exact) mass is 1080 g/mol. The van der Waals surface area contributed by atoms with Gasteiger partial charge in [-0.25, -0.2) is 0 Å². The third-order valence-electron chi connectivity index (χ3n) is 11.3. The van der Waals surface area contributed by atoms with Gasteiger partial charge in [0.2, 0.25) is 5.91 Å². The van der Waals surface area contributed by atoms with Crippen molar-refractivity contribution in [1.82, 2.24) is 49.3 Å². The Hall–Kier alpha value is -5.26. The number of hydrogen-bond donors (Lipinski definition) is 10. The van der Waals surface area contributed by atoms with E-state index in [1.54, 1.807) is 0 Å². The van der Waals surface area contributed by atoms with E-state index >= 15 is 0 Å². The average Bonchev–Trinajstić information content (AvgIpc) is 4.16. The third-order valence-corrected chi connectivity index (χ3v) is 13.5. The number of nitrogens with zero attached hydrogens (tertiary/aromatic N) is 8. The van der Waals surface area contributed by atoms with Crippen LogP contribution in [0.15, 0.2) is 35.9 Å². The van der Waals surface area contributed by atoms with Gasteiger partial charge in [0.1, 0.15) is 0 Å². The minimum atomic E-state index is -5.26. The Morgan fingerprint density at radius 3 is 1.84 bits per heavy atom. The van der Waals surface area contributed by atoms with Crippen LogP contribution in [0.1, 0.15) is 25.3 Å². The number of aromatic amines is 1. The van der Waals surface area contributed by atoms with Crippen LogP contribution in [0.25, 0.3) is 22.3 Å². The van der Waals surface area contributed by atoms with E-state index in [-0.39, 0.29) is 112 Å². The summed E-state index contributed by atoms with van der Waals surface area (Å²) in [5, 5.41) is 28.1. The van der Waals surface area contributed by atoms with Crippen molar-refractivity contribution in [2.24, 2.45) is 0 Å². The molecule has 4 aliphatic heterocycles. The van der Waals surface area contributed by atoms with E-state index in [1.165, 1.54) is 10.9 Å². The number of aliphatic hydroxyl groups is 2. The van der Waals surface area contributed by atoms with Gasteiger partial charge in [0.05, 0.1) is 46.2 Å². The molecule has 3 fully saturated rings. The van der Waals surface area contributed by atoms with Gasteiger partial charge in [-0.3, -0.25) is 19.3 Å². The number of fused-ring (bicyclic) bond motifs is 4. The molecule has 11 N–H and O–H groups in total. The topological polar surface area (TPSA) is 442 Å². The number of hydrogen-bond acceptors (Lipinski definition) is 27. The molecule has 402 valence electrons. The zero-order chi connectivity index (χ0) is 51.9. The number of imide groups is 1. The summed E-state index contributed by atoms with van der Waals surface area (Å²) in [6.07, 6.45) is -6.98. The molecule has 4 aromatic rings. The molecule has 0 unspecified atom stereocenters. The fourth-order valence-electron chi connectivity index (χ4n) is 7.86. The summed E-state index contributed by atoms with van der Waals surface area (Å²) in [5.74, 6) is -1.95. The number of carbonyl (C=O) groups is 4. The van der Waals surface area contributed by atoms with Gasteiger partial charge in [-0.1, -0.05) is 0 Å². The molecule has 73 heavy (non-hydrogen) atoms. The van der Waals surface area contributed by atoms with Crippen LogP contribution in [-0.4, -0.2) is 213 Å². The first-order valence-electron chi connectivity index (χ1n) is 22.5. The Bertz CT molecular complexity index is 2670. The van der Waals surface area contributed by atoms with Crippen LogP contribution in [0, 0.1) is 0 Å². The molecule has 33 nitrogen and oxygen atoms in total. The first kappa shape index (κ1) is 54.0. The Morgan fingerprint density at radius 1 is 0.712 bits per heavy atom. The van der Waals surface area contributed by atoms with Crippen molar-refractivity contribution in [3.63, 3.8) is 0 Å². The fraction of sp³-hybridized carbons (Fsp3) is 0.579. The summed E-state index contributed by atoms with van der Waals surface area (Å²) in [6, 6.07) is 0. The second-order valence-electron chi connectivity index (χ2n) is 16.3. The minimum absolute atomic E-state index is 0.0000401. The Morgan fingerprint density at radius 2 is 1.25 bits per heavy atom. The molecule has 0 aliphatic carbocycles. The van der Waals surface area contributed by atoms with E-state index in [9.17, 15) is 53.8 Å². The Kier molecular flexibility index (Phi) is 17.7. The van der Waals surface area contributed by atoms with Crippen LogP contribution in [-0.2, 0) is 65.7 Å². The molecule has 8 heterocycles. The van der Waals surface area contributed by atoms with Gasteiger partial charge < -0.3 is 24.3 Å². The molecular weight excluding hydrogens is 1020 g/mol. The predicted octanol–water partition coefficient (Wildman–Crippen LogP) is -4.51. The molecule has 0 radical (unpaired) electrons. The first-order valence-corrected chi connectivity index (χ1v) is 25.9. The molecule has 8 atom stereocenters. The van der Waals surface area contributed by atoms with E-state index in [0.717, 1.165) is 34.3 Å². The van der Waals surface area contributed by atoms with Crippen LogP contribution in [0.5, 0.6) is 0 Å². The van der Waals surface area contributed by atoms with Crippen LogP contribution in [0.4, 0.5) is 11.8 Å². The van der Waals surface area contributed by atoms with E-state index in [0.29, 0.717) is 6.61 Å². The van der Waals surface area contributed by atoms with E-state index in [1.807, 2.05) is 0 Å². The molecule has 4 aliphatic rings. The standard InChI is InChI=1S/C38H54N12O21P2/c39-38-46-34-27(35(57)47-38)44-19-50(34)37-29(56)31-21(69-37)16-67-72(58,59)70-30-20(15-66-73(60,61)71-31)68-36(28(30)55)49-18-43-26-32(41-17-42-33(26)49)45-23(52)4-7-62-9-11-64-13-14-65-12-10-63-8-5-40-22(51)3-6-48-24(53)1-2-25(48)54/h1-2,17-21,28-31,36-37,55-56,58-61,72-73H,3-16H2,(H,40,51)(H3,39,46,47,57)(H,41,42,45,52)/t20-,21-,28-,29-,30-,31-,36-,37-/m1/s1. The number of amides is 4. The van der Waals surface area contributed by atoms with E-state index < -0.39 is 102 Å². The third kappa shape index (κ3) is 13.4. The fourth-order valence-corrected chi connectivity index (χ4v) is 10.0. The molecule has 4 amide bonds. The summed E-state index contributed by atoms with van der Waals surface area (Å²) in [4.78, 5) is 128. The van der Waals surface area contributed by atoms with Crippen molar-refractivity contribution < 1.29 is 95.5 Å². The van der Waals surface area contributed by atoms with Crippen molar-refractivity contribution in [1.29, 1.82) is 0 Å². The van der Waals surface area contributed by atoms with Gasteiger partial charge in [0, 0.05) is 31.7 Å². The number of rotatable bonds is 21. The predicted molar refractivity (Wildman–Crippen MR) is 245 cm³/mol. The van der Waals surface area contributed by atoms with Gasteiger partial charge >= 0.3 is 273 Å². The Labute approximate surface area is 411 Å². The maximum absolute atomic E-state index is 12.9. The number of nitrogen functional groups attached to an aromatic ring is 1. The number of aliphatic hydroxyl groups excluding tert-OH is 2. The van der Waals surface area contributed by atoms with Gasteiger partial charge in [0.25, 0.3) is 11.8 Å². The molecule has 0 saturated carbocycles. The van der Waals surface area contributed by atoms with Crippen molar-refractivity contribution >= 4 is 74.1 Å². The second-order valence-corrected chi connectivity index (χ2v) is 19.6. The molecule has 35 heteroatoms. The summed E-state index contributed by atoms with van der Waals surface area (Å²) >= 11 is 0. The SMILES string of the molecule is Nc1nc2c(ncn2[C@@H]2O[C@@H]3CO[PH](O)(O)O[C@H]4[C@@H](O)[C@H](n5cnc6c(NC(=O)CCOCCOCCOCCOCCNC(=O)CCN7C(=O)C=CC7=O)ncnc65)O[C@@H]4CO[PH](O)(O)O[C@H]3[C@H]2O)c(=O)[nH]1. The molecular formula is C38H54N12O21P2. The second kappa shape index (κ2) is 24.0. The Balaban J connectivity index is 0.750. The van der Waals surface area contributed by atoms with Gasteiger partial charge in [-0.2, -0.15) is 0 Å². The number of carbonyl (C=O) groups excluding carboxylic acids is 4. The average molecular weight is 1080 g/mol. The molecule has 0 spiro atoms. The maximum atomic E-state index is 12.9. The van der Waals surface area contributed by atoms with E-state index in [2.05, 4.69) is 40.5 Å². The van der Waals surface area contributed by atoms with Crippen molar-refractivity contribution in [3.8, 4) is 0 Å². The molecule has 8 rings (SSSR count). The van der Waals surface area contributed by atoms with Crippen LogP contribution in [0.2, 0.25) is 0 Å². The number of H-pyrrole nitrogens is 1. The quantitative estimate of drug-likeness (QED) is 0.0214. The molecule has 0 bridgehead atoms. The van der Waals surface area contributed by atoms with Crippen LogP contribution >= 0.6 is 16.3 Å². The zero-order valence-electron chi connectivity index (χ0n) is 38.4. The number of ether oxygens (including phenoxy) is 6. The molecule has 3 saturated heterocycles.